The molecule has 1 saturated carbocycles. The number of carbonyl (C=O) groups excluding carboxylic acids is 1. The molecule has 3 atom stereocenters. The molecule has 0 aromatic rings. The van der Waals surface area contributed by atoms with Crippen molar-refractivity contribution in [3.8, 4) is 0 Å². The average Bonchev–Trinajstić information content (AvgIpc) is 2.37. The summed E-state index contributed by atoms with van der Waals surface area (Å²) >= 11 is 0. The molecule has 1 aliphatic carbocycles. The van der Waals surface area contributed by atoms with Gasteiger partial charge in [0.15, 0.2) is 0 Å². The normalized spacial score (nSPS) is 23.6. The first-order valence-corrected chi connectivity index (χ1v) is 8.15. The predicted molar refractivity (Wildman–Crippen MR) is 83.2 cm³/mol. The Bertz CT molecular complexity index is 344. The highest BCUT2D eigenvalue weighted by Gasteiger charge is 2.22. The van der Waals surface area contributed by atoms with Crippen molar-refractivity contribution < 1.29 is 14.7 Å². The van der Waals surface area contributed by atoms with Crippen LogP contribution in [0.1, 0.15) is 59.3 Å². The first-order valence-electron chi connectivity index (χ1n) is 8.15. The lowest BCUT2D eigenvalue weighted by Crippen LogP contribution is -2.47. The van der Waals surface area contributed by atoms with Gasteiger partial charge in [-0.1, -0.05) is 40.0 Å². The maximum atomic E-state index is 11.8. The highest BCUT2D eigenvalue weighted by atomic mass is 16.4. The van der Waals surface area contributed by atoms with Gasteiger partial charge in [-0.3, -0.25) is 0 Å². The number of amides is 2. The van der Waals surface area contributed by atoms with Crippen LogP contribution in [0, 0.1) is 17.8 Å². The zero-order valence-corrected chi connectivity index (χ0v) is 13.5. The smallest absolute Gasteiger partial charge is 0.326 e. The summed E-state index contributed by atoms with van der Waals surface area (Å²) in [5.41, 5.74) is 0. The minimum atomic E-state index is -0.972. The quantitative estimate of drug-likeness (QED) is 0.676. The number of carboxylic acids is 1. The molecule has 2 amide bonds. The summed E-state index contributed by atoms with van der Waals surface area (Å²) in [4.78, 5) is 22.8. The van der Waals surface area contributed by atoms with Crippen molar-refractivity contribution in [1.82, 2.24) is 10.6 Å². The average molecular weight is 298 g/mol. The molecule has 5 nitrogen and oxygen atoms in total. The molecule has 3 N–H and O–H groups in total. The van der Waals surface area contributed by atoms with E-state index in [1.807, 2.05) is 13.8 Å². The summed E-state index contributed by atoms with van der Waals surface area (Å²) in [5, 5.41) is 14.4. The second-order valence-electron chi connectivity index (χ2n) is 6.85. The van der Waals surface area contributed by atoms with Crippen LogP contribution in [0.5, 0.6) is 0 Å². The lowest BCUT2D eigenvalue weighted by atomic mass is 9.81. The molecule has 0 aliphatic heterocycles. The van der Waals surface area contributed by atoms with Gasteiger partial charge in [0.25, 0.3) is 0 Å². The van der Waals surface area contributed by atoms with E-state index in [0.717, 1.165) is 12.3 Å². The van der Waals surface area contributed by atoms with Gasteiger partial charge in [0.1, 0.15) is 6.04 Å². The Labute approximate surface area is 127 Å². The second-order valence-corrected chi connectivity index (χ2v) is 6.85. The molecule has 21 heavy (non-hydrogen) atoms. The molecule has 0 radical (unpaired) electrons. The van der Waals surface area contributed by atoms with E-state index in [1.165, 1.54) is 25.7 Å². The molecule has 0 spiro atoms. The SMILES string of the molecule is CC(C)C[C@@H](NC(=O)NCCC1CCCC(C)C1)C(=O)O. The van der Waals surface area contributed by atoms with E-state index < -0.39 is 12.0 Å². The van der Waals surface area contributed by atoms with Crippen molar-refractivity contribution in [3.05, 3.63) is 0 Å². The van der Waals surface area contributed by atoms with Crippen LogP contribution in [0.2, 0.25) is 0 Å². The number of rotatable bonds is 7. The van der Waals surface area contributed by atoms with Crippen LogP contribution in [0.4, 0.5) is 4.79 Å². The van der Waals surface area contributed by atoms with E-state index in [1.54, 1.807) is 0 Å². The highest BCUT2D eigenvalue weighted by Crippen LogP contribution is 2.30. The lowest BCUT2D eigenvalue weighted by molar-refractivity contribution is -0.139. The Balaban J connectivity index is 2.24. The lowest BCUT2D eigenvalue weighted by Gasteiger charge is -2.26. The fourth-order valence-corrected chi connectivity index (χ4v) is 3.11. The van der Waals surface area contributed by atoms with Crippen molar-refractivity contribution in [2.24, 2.45) is 17.8 Å². The van der Waals surface area contributed by atoms with E-state index in [2.05, 4.69) is 17.6 Å². The van der Waals surface area contributed by atoms with Crippen LogP contribution in [0.3, 0.4) is 0 Å². The maximum Gasteiger partial charge on any atom is 0.326 e. The third-order valence-corrected chi connectivity index (χ3v) is 4.19. The maximum absolute atomic E-state index is 11.8. The first-order chi connectivity index (χ1) is 9.88. The minimum absolute atomic E-state index is 0.232. The third-order valence-electron chi connectivity index (χ3n) is 4.19. The molecule has 0 aromatic heterocycles. The number of hydrogen-bond acceptors (Lipinski definition) is 2. The number of urea groups is 1. The Morgan fingerprint density at radius 3 is 2.57 bits per heavy atom. The largest absolute Gasteiger partial charge is 0.480 e. The molecule has 0 aromatic carbocycles. The van der Waals surface area contributed by atoms with Gasteiger partial charge in [-0.25, -0.2) is 9.59 Å². The van der Waals surface area contributed by atoms with Gasteiger partial charge in [0.2, 0.25) is 0 Å². The van der Waals surface area contributed by atoms with Crippen LogP contribution in [0.25, 0.3) is 0 Å². The molecule has 2 unspecified atom stereocenters. The topological polar surface area (TPSA) is 78.4 Å². The van der Waals surface area contributed by atoms with Crippen molar-refractivity contribution in [3.63, 3.8) is 0 Å². The monoisotopic (exact) mass is 298 g/mol. The fraction of sp³-hybridized carbons (Fsp3) is 0.875. The van der Waals surface area contributed by atoms with Crippen LogP contribution >= 0.6 is 0 Å². The van der Waals surface area contributed by atoms with Gasteiger partial charge in [0, 0.05) is 6.54 Å². The Morgan fingerprint density at radius 2 is 2.00 bits per heavy atom. The highest BCUT2D eigenvalue weighted by molar-refractivity contribution is 5.82. The standard InChI is InChI=1S/C16H30N2O3/c1-11(2)9-14(15(19)20)18-16(21)17-8-7-13-6-4-5-12(3)10-13/h11-14H,4-10H2,1-3H3,(H,19,20)(H2,17,18,21)/t12?,13?,14-/m1/s1. The second kappa shape index (κ2) is 8.90. The fourth-order valence-electron chi connectivity index (χ4n) is 3.11. The summed E-state index contributed by atoms with van der Waals surface area (Å²) < 4.78 is 0. The molecule has 5 heteroatoms. The number of hydrogen-bond donors (Lipinski definition) is 3. The van der Waals surface area contributed by atoms with Crippen LogP contribution in [-0.4, -0.2) is 29.7 Å². The minimum Gasteiger partial charge on any atom is -0.480 e. The van der Waals surface area contributed by atoms with Crippen molar-refractivity contribution in [2.45, 2.75) is 65.3 Å². The summed E-state index contributed by atoms with van der Waals surface area (Å²) in [5.74, 6) is 0.745. The molecule has 1 rings (SSSR count). The molecule has 122 valence electrons. The predicted octanol–water partition coefficient (Wildman–Crippen LogP) is 3.00. The first kappa shape index (κ1) is 17.8. The molecule has 0 heterocycles. The van der Waals surface area contributed by atoms with Crippen molar-refractivity contribution in [2.75, 3.05) is 6.54 Å². The van der Waals surface area contributed by atoms with Crippen molar-refractivity contribution in [1.29, 1.82) is 0 Å². The van der Waals surface area contributed by atoms with E-state index in [-0.39, 0.29) is 11.9 Å². The van der Waals surface area contributed by atoms with Gasteiger partial charge < -0.3 is 15.7 Å². The van der Waals surface area contributed by atoms with E-state index in [4.69, 9.17) is 5.11 Å². The molecule has 0 saturated heterocycles. The summed E-state index contributed by atoms with van der Waals surface area (Å²) in [6.45, 7) is 6.80. The van der Waals surface area contributed by atoms with Crippen LogP contribution < -0.4 is 10.6 Å². The van der Waals surface area contributed by atoms with Gasteiger partial charge in [-0.05, 0) is 37.0 Å². The Morgan fingerprint density at radius 1 is 1.29 bits per heavy atom. The van der Waals surface area contributed by atoms with Crippen LogP contribution in [0.15, 0.2) is 0 Å². The number of aliphatic carboxylic acids is 1. The molecule has 1 aliphatic rings. The molecular formula is C16H30N2O3. The number of carbonyl (C=O) groups is 2. The zero-order chi connectivity index (χ0) is 15.8. The van der Waals surface area contributed by atoms with Crippen LogP contribution in [-0.2, 0) is 4.79 Å². The Kier molecular flexibility index (Phi) is 7.54. The molecule has 0 bridgehead atoms. The van der Waals surface area contributed by atoms with Gasteiger partial charge >= 0.3 is 12.0 Å². The Hall–Kier alpha value is -1.26. The summed E-state index contributed by atoms with van der Waals surface area (Å²) in [7, 11) is 0. The zero-order valence-electron chi connectivity index (χ0n) is 13.5. The van der Waals surface area contributed by atoms with Gasteiger partial charge in [-0.2, -0.15) is 0 Å². The van der Waals surface area contributed by atoms with Gasteiger partial charge in [0.05, 0.1) is 0 Å². The number of nitrogens with one attached hydrogen (secondary N) is 2. The van der Waals surface area contributed by atoms with Crippen molar-refractivity contribution >= 4 is 12.0 Å². The van der Waals surface area contributed by atoms with Gasteiger partial charge in [-0.15, -0.1) is 0 Å². The number of carboxylic acid groups (broad SMARTS) is 1. The summed E-state index contributed by atoms with van der Waals surface area (Å²) in [6.07, 6.45) is 6.53. The van der Waals surface area contributed by atoms with E-state index in [0.29, 0.717) is 18.9 Å². The third kappa shape index (κ3) is 7.34. The van der Waals surface area contributed by atoms with E-state index >= 15 is 0 Å². The molecule has 1 fully saturated rings. The summed E-state index contributed by atoms with van der Waals surface area (Å²) in [6, 6.07) is -1.17. The molecular weight excluding hydrogens is 268 g/mol. The van der Waals surface area contributed by atoms with E-state index in [9.17, 15) is 9.59 Å².